The van der Waals surface area contributed by atoms with Gasteiger partial charge in [-0.25, -0.2) is 4.79 Å². The Hall–Kier alpha value is -1.14. The quantitative estimate of drug-likeness (QED) is 0.258. The summed E-state index contributed by atoms with van der Waals surface area (Å²) in [5.41, 5.74) is -1.39. The molecular weight excluding hydrogens is 497 g/mol. The van der Waals surface area contributed by atoms with E-state index in [9.17, 15) is 24.1 Å². The van der Waals surface area contributed by atoms with Crippen molar-refractivity contribution in [2.24, 2.45) is 0 Å². The molecule has 1 fully saturated rings. The number of ether oxygens (including phenoxy) is 2. The molecule has 0 radical (unpaired) electrons. The maximum absolute atomic E-state index is 12.0. The van der Waals surface area contributed by atoms with Gasteiger partial charge in [0, 0.05) is 12.3 Å². The van der Waals surface area contributed by atoms with Gasteiger partial charge in [0.2, 0.25) is 0 Å². The highest BCUT2D eigenvalue weighted by Gasteiger charge is 2.56. The molecule has 14 heteroatoms. The molecule has 1 aromatic rings. The number of rotatable bonds is 8. The van der Waals surface area contributed by atoms with E-state index in [0.29, 0.717) is 0 Å². The fourth-order valence-corrected chi connectivity index (χ4v) is 4.14. The summed E-state index contributed by atoms with van der Waals surface area (Å²) >= 11 is 9.43. The predicted octanol–water partition coefficient (Wildman–Crippen LogP) is 0.729. The van der Waals surface area contributed by atoms with E-state index in [1.807, 2.05) is 0 Å². The lowest BCUT2D eigenvalue weighted by Gasteiger charge is -2.24. The van der Waals surface area contributed by atoms with Crippen molar-refractivity contribution in [2.75, 3.05) is 6.61 Å². The first-order valence-corrected chi connectivity index (χ1v) is 10.9. The van der Waals surface area contributed by atoms with Crippen LogP contribution >= 0.6 is 35.7 Å². The number of H-pyrrole nitrogens is 1. The van der Waals surface area contributed by atoms with E-state index in [0.717, 1.165) is 10.6 Å². The van der Waals surface area contributed by atoms with Gasteiger partial charge in [0.05, 0.1) is 6.10 Å². The average molecular weight is 518 g/mol. The Labute approximate surface area is 179 Å². The molecule has 1 aliphatic heterocycles. The second-order valence-electron chi connectivity index (χ2n) is 6.55. The highest BCUT2D eigenvalue weighted by molar-refractivity contribution is 9.10. The smallest absolute Gasteiger partial charge is 0.462 e. The van der Waals surface area contributed by atoms with Gasteiger partial charge in [0.25, 0.3) is 5.56 Å². The monoisotopic (exact) mass is 516 g/mol. The number of carbonyl (C=O) groups excluding carboxylic acids is 1. The van der Waals surface area contributed by atoms with Crippen LogP contribution in [0.1, 0.15) is 27.0 Å². The average Bonchev–Trinajstić information content (AvgIpc) is 2.82. The standard InChI is InChI=1S/C15H20BrClN3O8P/c1-7(2)27-12(23)8(3)19-29(25)26-6-9-11(22)15(16,17)13(28-9)20-5-4-10(21)18-14(20)24/h4-5,7-9,11,13,22H,6H2,1-3H3,(H-,18,19,21,24,25)/p+1/t8-,9-,11-,13?,15+/m1/s1. The molecular formula is C15H21BrClN3O8P+. The Morgan fingerprint density at radius 1 is 1.52 bits per heavy atom. The number of nitrogens with zero attached hydrogens (tertiary/aromatic N) is 1. The van der Waals surface area contributed by atoms with Crippen molar-refractivity contribution in [1.29, 1.82) is 0 Å². The first-order valence-electron chi connectivity index (χ1n) is 8.53. The SMILES string of the molecule is CC(C)OC(=O)[C@@H](C)N[P+](=O)OC[C@H]1OC(n2ccc(=O)[nH]c2=O)[C@](Cl)(Br)[C@@H]1O. The summed E-state index contributed by atoms with van der Waals surface area (Å²) in [6, 6.07) is 0.213. The molecule has 2 rings (SSSR count). The molecule has 0 spiro atoms. The molecule has 0 aliphatic carbocycles. The van der Waals surface area contributed by atoms with Crippen LogP contribution in [0.25, 0.3) is 0 Å². The van der Waals surface area contributed by atoms with Gasteiger partial charge in [-0.2, -0.15) is 0 Å². The van der Waals surface area contributed by atoms with Gasteiger partial charge in [-0.15, -0.1) is 4.52 Å². The van der Waals surface area contributed by atoms with Crippen molar-refractivity contribution >= 4 is 41.7 Å². The fourth-order valence-electron chi connectivity index (χ4n) is 2.44. The van der Waals surface area contributed by atoms with Crippen LogP contribution in [-0.4, -0.2) is 55.4 Å². The van der Waals surface area contributed by atoms with Crippen LogP contribution in [-0.2, 0) is 23.4 Å². The summed E-state index contributed by atoms with van der Waals surface area (Å²) in [6.07, 6.45) is -2.77. The van der Waals surface area contributed by atoms with E-state index < -0.39 is 53.7 Å². The number of alkyl halides is 2. The number of carbonyl (C=O) groups is 1. The lowest BCUT2D eigenvalue weighted by Crippen LogP contribution is -2.40. The minimum absolute atomic E-state index is 0.323. The van der Waals surface area contributed by atoms with Gasteiger partial charge in [0.15, 0.2) is 10.0 Å². The van der Waals surface area contributed by atoms with Crippen LogP contribution in [0, 0.1) is 0 Å². The van der Waals surface area contributed by atoms with Crippen LogP contribution in [0.3, 0.4) is 0 Å². The zero-order valence-electron chi connectivity index (χ0n) is 15.7. The molecule has 162 valence electrons. The highest BCUT2D eigenvalue weighted by Crippen LogP contribution is 2.47. The number of nitrogens with one attached hydrogen (secondary N) is 2. The lowest BCUT2D eigenvalue weighted by molar-refractivity contribution is -0.149. The third kappa shape index (κ3) is 5.94. The van der Waals surface area contributed by atoms with E-state index in [1.54, 1.807) is 13.8 Å². The second-order valence-corrected chi connectivity index (χ2v) is 9.98. The summed E-state index contributed by atoms with van der Waals surface area (Å²) in [7, 11) is -2.49. The first-order chi connectivity index (χ1) is 13.4. The van der Waals surface area contributed by atoms with Crippen molar-refractivity contribution in [2.45, 2.75) is 55.1 Å². The molecule has 0 bridgehead atoms. The van der Waals surface area contributed by atoms with Gasteiger partial charge in [-0.05, 0) is 25.3 Å². The van der Waals surface area contributed by atoms with E-state index in [-0.39, 0.29) is 12.7 Å². The molecule has 2 unspecified atom stereocenters. The Kier molecular flexibility index (Phi) is 8.14. The molecule has 29 heavy (non-hydrogen) atoms. The second kappa shape index (κ2) is 9.78. The molecule has 6 atom stereocenters. The number of aromatic amines is 1. The van der Waals surface area contributed by atoms with E-state index in [4.69, 9.17) is 25.6 Å². The van der Waals surface area contributed by atoms with Gasteiger partial charge in [-0.1, -0.05) is 32.6 Å². The fraction of sp³-hybridized carbons (Fsp3) is 0.667. The number of halogens is 2. The first kappa shape index (κ1) is 24.1. The van der Waals surface area contributed by atoms with E-state index in [2.05, 4.69) is 26.0 Å². The van der Waals surface area contributed by atoms with Gasteiger partial charge in [-0.3, -0.25) is 19.1 Å². The van der Waals surface area contributed by atoms with Crippen LogP contribution in [0.15, 0.2) is 21.9 Å². The van der Waals surface area contributed by atoms with Crippen LogP contribution in [0.4, 0.5) is 0 Å². The maximum atomic E-state index is 12.0. The number of aliphatic hydroxyl groups excluding tert-OH is 1. The summed E-state index contributed by atoms with van der Waals surface area (Å²) in [6.45, 7) is 4.47. The molecule has 3 N–H and O–H groups in total. The number of aromatic nitrogens is 2. The molecule has 1 saturated heterocycles. The van der Waals surface area contributed by atoms with Crippen LogP contribution in [0.5, 0.6) is 0 Å². The summed E-state index contributed by atoms with van der Waals surface area (Å²) in [5.74, 6) is -0.596. The van der Waals surface area contributed by atoms with Crippen LogP contribution in [0.2, 0.25) is 0 Å². The third-order valence-corrected chi connectivity index (χ3v) is 6.10. The highest BCUT2D eigenvalue weighted by atomic mass is 79.9. The molecule has 0 amide bonds. The van der Waals surface area contributed by atoms with Crippen molar-refractivity contribution in [1.82, 2.24) is 14.6 Å². The van der Waals surface area contributed by atoms with Gasteiger partial charge < -0.3 is 14.6 Å². The summed E-state index contributed by atoms with van der Waals surface area (Å²) < 4.78 is 27.1. The third-order valence-electron chi connectivity index (χ3n) is 3.84. The molecule has 0 saturated carbocycles. The Morgan fingerprint density at radius 2 is 2.17 bits per heavy atom. The van der Waals surface area contributed by atoms with Crippen molar-refractivity contribution in [3.05, 3.63) is 33.1 Å². The lowest BCUT2D eigenvalue weighted by atomic mass is 10.2. The zero-order chi connectivity index (χ0) is 21.9. The van der Waals surface area contributed by atoms with Gasteiger partial charge in [0.1, 0.15) is 24.9 Å². The maximum Gasteiger partial charge on any atom is 0.613 e. The molecule has 2 heterocycles. The Bertz CT molecular complexity index is 876. The minimum atomic E-state index is -2.49. The molecule has 1 aromatic heterocycles. The Morgan fingerprint density at radius 3 is 2.76 bits per heavy atom. The number of esters is 1. The summed E-state index contributed by atoms with van der Waals surface area (Å²) in [4.78, 5) is 37.0. The number of hydrogen-bond donors (Lipinski definition) is 3. The van der Waals surface area contributed by atoms with Crippen LogP contribution < -0.4 is 16.3 Å². The van der Waals surface area contributed by atoms with E-state index >= 15 is 0 Å². The zero-order valence-corrected chi connectivity index (χ0v) is 18.9. The Balaban J connectivity index is 2.00. The molecule has 11 nitrogen and oxygen atoms in total. The number of aliphatic hydroxyl groups is 1. The predicted molar refractivity (Wildman–Crippen MR) is 106 cm³/mol. The van der Waals surface area contributed by atoms with E-state index in [1.165, 1.54) is 13.1 Å². The van der Waals surface area contributed by atoms with Crippen molar-refractivity contribution < 1.29 is 28.5 Å². The topological polar surface area (TPSA) is 149 Å². The molecule has 1 aliphatic rings. The van der Waals surface area contributed by atoms with Crippen molar-refractivity contribution in [3.63, 3.8) is 0 Å². The van der Waals surface area contributed by atoms with Crippen molar-refractivity contribution in [3.8, 4) is 0 Å². The normalized spacial score (nSPS) is 28.4. The summed E-state index contributed by atoms with van der Waals surface area (Å²) in [5, 5.41) is 12.9. The number of hydrogen-bond acceptors (Lipinski definition) is 8. The molecule has 0 aromatic carbocycles. The minimum Gasteiger partial charge on any atom is -0.462 e. The largest absolute Gasteiger partial charge is 0.613 e. The van der Waals surface area contributed by atoms with Gasteiger partial charge >= 0.3 is 19.8 Å².